The van der Waals surface area contributed by atoms with Crippen LogP contribution in [0.15, 0.2) is 22.7 Å². The molecule has 1 aromatic rings. The number of nitrogens with one attached hydrogen (secondary N) is 1. The van der Waals surface area contributed by atoms with Crippen LogP contribution in [-0.2, 0) is 4.79 Å². The van der Waals surface area contributed by atoms with Crippen molar-refractivity contribution >= 4 is 33.3 Å². The summed E-state index contributed by atoms with van der Waals surface area (Å²) < 4.78 is 0.797. The summed E-state index contributed by atoms with van der Waals surface area (Å²) in [5.74, 6) is -0.824. The number of nitrogens with zero attached hydrogens (tertiary/aromatic N) is 1. The Labute approximate surface area is 121 Å². The normalized spacial score (nSPS) is 14.1. The lowest BCUT2D eigenvalue weighted by molar-refractivity contribution is -0.114. The van der Waals surface area contributed by atoms with Crippen molar-refractivity contribution in [1.29, 1.82) is 0 Å². The van der Waals surface area contributed by atoms with Crippen LogP contribution in [0.4, 0.5) is 5.69 Å². The van der Waals surface area contributed by atoms with Crippen LogP contribution in [0, 0.1) is 0 Å². The third kappa shape index (κ3) is 2.87. The van der Waals surface area contributed by atoms with Gasteiger partial charge in [-0.25, -0.2) is 0 Å². The summed E-state index contributed by atoms with van der Waals surface area (Å²) in [5, 5.41) is 3.29. The van der Waals surface area contributed by atoms with Gasteiger partial charge in [0.15, 0.2) is 0 Å². The molecule has 1 amide bonds. The molecule has 1 aliphatic rings. The summed E-state index contributed by atoms with van der Waals surface area (Å²) in [6, 6.07) is 5.34. The van der Waals surface area contributed by atoms with Crippen LogP contribution < -0.4 is 10.2 Å². The van der Waals surface area contributed by atoms with Crippen LogP contribution in [0.25, 0.3) is 0 Å². The molecule has 1 N–H and O–H groups in total. The van der Waals surface area contributed by atoms with E-state index in [-0.39, 0.29) is 0 Å². The number of fused-ring (bicyclic) bond motifs is 1. The topological polar surface area (TPSA) is 49.4 Å². The van der Waals surface area contributed by atoms with E-state index < -0.39 is 11.7 Å². The molecule has 0 aliphatic carbocycles. The zero-order valence-corrected chi connectivity index (χ0v) is 12.5. The third-order valence-corrected chi connectivity index (χ3v) is 3.74. The number of ketones is 1. The van der Waals surface area contributed by atoms with Gasteiger partial charge in [-0.15, -0.1) is 0 Å². The minimum atomic E-state index is -0.419. The van der Waals surface area contributed by atoms with Crippen molar-refractivity contribution in [3.05, 3.63) is 28.2 Å². The molecule has 4 nitrogen and oxygen atoms in total. The van der Waals surface area contributed by atoms with Gasteiger partial charge in [-0.05, 0) is 54.0 Å². The summed E-state index contributed by atoms with van der Waals surface area (Å²) in [4.78, 5) is 25.4. The van der Waals surface area contributed by atoms with Crippen LogP contribution in [0.1, 0.15) is 30.1 Å². The van der Waals surface area contributed by atoms with Gasteiger partial charge in [0.25, 0.3) is 11.7 Å². The van der Waals surface area contributed by atoms with Crippen molar-refractivity contribution in [2.75, 3.05) is 24.5 Å². The fourth-order valence-electron chi connectivity index (χ4n) is 2.19. The van der Waals surface area contributed by atoms with Gasteiger partial charge in [0, 0.05) is 11.0 Å². The molecular weight excluding hydrogens is 308 g/mol. The van der Waals surface area contributed by atoms with Gasteiger partial charge in [0.1, 0.15) is 0 Å². The largest absolute Gasteiger partial charge is 0.317 e. The zero-order chi connectivity index (χ0) is 13.8. The van der Waals surface area contributed by atoms with E-state index >= 15 is 0 Å². The Kier molecular flexibility index (Phi) is 4.71. The predicted octanol–water partition coefficient (Wildman–Crippen LogP) is 2.37. The van der Waals surface area contributed by atoms with Crippen molar-refractivity contribution in [2.45, 2.75) is 19.8 Å². The quantitative estimate of drug-likeness (QED) is 0.645. The Morgan fingerprint density at radius 2 is 2.05 bits per heavy atom. The van der Waals surface area contributed by atoms with Crippen molar-refractivity contribution in [1.82, 2.24) is 5.32 Å². The number of hydrogen-bond acceptors (Lipinski definition) is 3. The molecule has 102 valence electrons. The average molecular weight is 325 g/mol. The fourth-order valence-corrected chi connectivity index (χ4v) is 2.77. The molecule has 1 heterocycles. The van der Waals surface area contributed by atoms with E-state index in [2.05, 4.69) is 28.2 Å². The van der Waals surface area contributed by atoms with E-state index in [0.29, 0.717) is 17.8 Å². The number of amides is 1. The summed E-state index contributed by atoms with van der Waals surface area (Å²) in [6.07, 6.45) is 1.93. The molecule has 0 spiro atoms. The van der Waals surface area contributed by atoms with Gasteiger partial charge >= 0.3 is 0 Å². The second kappa shape index (κ2) is 6.30. The maximum Gasteiger partial charge on any atom is 0.299 e. The first kappa shape index (κ1) is 14.2. The Balaban J connectivity index is 2.06. The molecule has 19 heavy (non-hydrogen) atoms. The van der Waals surface area contributed by atoms with Crippen molar-refractivity contribution < 1.29 is 9.59 Å². The van der Waals surface area contributed by atoms with Gasteiger partial charge in [0.05, 0.1) is 11.3 Å². The molecule has 0 saturated carbocycles. The lowest BCUT2D eigenvalue weighted by Gasteiger charge is -2.17. The van der Waals surface area contributed by atoms with E-state index in [4.69, 9.17) is 0 Å². The fraction of sp³-hybridized carbons (Fsp3) is 0.429. The van der Waals surface area contributed by atoms with Gasteiger partial charge in [0.2, 0.25) is 0 Å². The Bertz CT molecular complexity index is 502. The van der Waals surface area contributed by atoms with Crippen LogP contribution in [0.2, 0.25) is 0 Å². The molecule has 0 unspecified atom stereocenters. The second-order valence-electron chi connectivity index (χ2n) is 4.53. The number of rotatable bonds is 6. The molecule has 2 rings (SSSR count). The highest BCUT2D eigenvalue weighted by atomic mass is 79.9. The van der Waals surface area contributed by atoms with E-state index in [1.54, 1.807) is 17.0 Å². The van der Waals surface area contributed by atoms with Gasteiger partial charge in [-0.3, -0.25) is 9.59 Å². The first-order valence-corrected chi connectivity index (χ1v) is 7.31. The predicted molar refractivity (Wildman–Crippen MR) is 78.6 cm³/mol. The Hall–Kier alpha value is -1.20. The minimum Gasteiger partial charge on any atom is -0.317 e. The Morgan fingerprint density at radius 3 is 2.79 bits per heavy atom. The summed E-state index contributed by atoms with van der Waals surface area (Å²) >= 11 is 3.41. The number of anilines is 1. The van der Waals surface area contributed by atoms with Gasteiger partial charge in [-0.1, -0.05) is 13.0 Å². The van der Waals surface area contributed by atoms with Crippen LogP contribution in [0.3, 0.4) is 0 Å². The van der Waals surface area contributed by atoms with Crippen molar-refractivity contribution in [3.63, 3.8) is 0 Å². The molecule has 1 aromatic carbocycles. The number of para-hydroxylation sites is 1. The summed E-state index contributed by atoms with van der Waals surface area (Å²) in [5.41, 5.74) is 1.22. The minimum absolute atomic E-state index is 0.405. The van der Waals surface area contributed by atoms with E-state index in [1.165, 1.54) is 0 Å². The second-order valence-corrected chi connectivity index (χ2v) is 5.38. The molecular formula is C14H17BrN2O2. The molecule has 1 aliphatic heterocycles. The maximum absolute atomic E-state index is 12.0. The van der Waals surface area contributed by atoms with Crippen LogP contribution in [0.5, 0.6) is 0 Å². The molecule has 0 aromatic heterocycles. The average Bonchev–Trinajstić information content (AvgIpc) is 2.65. The maximum atomic E-state index is 12.0. The number of carbonyl (C=O) groups is 2. The first-order chi connectivity index (χ1) is 9.16. The van der Waals surface area contributed by atoms with Crippen molar-refractivity contribution in [2.24, 2.45) is 0 Å². The SMILES string of the molecule is CCCNCCCN1C(=O)C(=O)c2cccc(Br)c21. The monoisotopic (exact) mass is 324 g/mol. The number of Topliss-reactive ketones (excluding diaryl/α,β-unsaturated/α-hetero) is 1. The molecule has 0 atom stereocenters. The van der Waals surface area contributed by atoms with E-state index in [0.717, 1.165) is 30.4 Å². The first-order valence-electron chi connectivity index (χ1n) is 6.52. The van der Waals surface area contributed by atoms with E-state index in [9.17, 15) is 9.59 Å². The number of hydrogen-bond donors (Lipinski definition) is 1. The lowest BCUT2D eigenvalue weighted by atomic mass is 10.1. The van der Waals surface area contributed by atoms with Crippen LogP contribution in [-0.4, -0.2) is 31.3 Å². The molecule has 0 saturated heterocycles. The third-order valence-electron chi connectivity index (χ3n) is 3.10. The standard InChI is InChI=1S/C14H17BrN2O2/c1-2-7-16-8-4-9-17-12-10(13(18)14(17)19)5-3-6-11(12)15/h3,5-6,16H,2,4,7-9H2,1H3. The highest BCUT2D eigenvalue weighted by Crippen LogP contribution is 2.35. The molecule has 0 radical (unpaired) electrons. The highest BCUT2D eigenvalue weighted by Gasteiger charge is 2.36. The van der Waals surface area contributed by atoms with E-state index in [1.807, 2.05) is 6.07 Å². The smallest absolute Gasteiger partial charge is 0.299 e. The summed E-state index contributed by atoms with van der Waals surface area (Å²) in [6.45, 7) is 4.51. The number of benzene rings is 1. The van der Waals surface area contributed by atoms with Crippen LogP contribution >= 0.6 is 15.9 Å². The highest BCUT2D eigenvalue weighted by molar-refractivity contribution is 9.10. The van der Waals surface area contributed by atoms with Gasteiger partial charge < -0.3 is 10.2 Å². The van der Waals surface area contributed by atoms with Crippen molar-refractivity contribution in [3.8, 4) is 0 Å². The molecule has 0 bridgehead atoms. The number of halogens is 1. The Morgan fingerprint density at radius 1 is 1.26 bits per heavy atom. The molecule has 5 heteroatoms. The van der Waals surface area contributed by atoms with Gasteiger partial charge in [-0.2, -0.15) is 0 Å². The zero-order valence-electron chi connectivity index (χ0n) is 10.9. The molecule has 0 fully saturated rings. The lowest BCUT2D eigenvalue weighted by Crippen LogP contribution is -2.32. The number of carbonyl (C=O) groups excluding carboxylic acids is 2. The summed E-state index contributed by atoms with van der Waals surface area (Å²) in [7, 11) is 0.